The maximum Gasteiger partial charge on any atom is 0.416 e. The molecule has 0 amide bonds. The topological polar surface area (TPSA) is 49.5 Å². The van der Waals surface area contributed by atoms with Crippen LogP contribution in [-0.4, -0.2) is 34.2 Å². The van der Waals surface area contributed by atoms with Crippen molar-refractivity contribution in [3.05, 3.63) is 41.8 Å². The van der Waals surface area contributed by atoms with Crippen molar-refractivity contribution in [2.75, 3.05) is 13.1 Å². The molecule has 0 radical (unpaired) electrons. The zero-order chi connectivity index (χ0) is 16.4. The molecule has 0 bridgehead atoms. The van der Waals surface area contributed by atoms with Crippen LogP contribution in [0.4, 0.5) is 13.2 Å². The van der Waals surface area contributed by atoms with Crippen LogP contribution in [0.15, 0.2) is 34.9 Å². The first-order valence-corrected chi connectivity index (χ1v) is 7.44. The Bertz CT molecular complexity index is 652. The Morgan fingerprint density at radius 3 is 2.65 bits per heavy atom. The van der Waals surface area contributed by atoms with Crippen LogP contribution >= 0.6 is 0 Å². The molecular formula is C16H17F3N2O2. The zero-order valence-electron chi connectivity index (χ0n) is 12.4. The lowest BCUT2D eigenvalue weighted by Crippen LogP contribution is -2.37. The highest BCUT2D eigenvalue weighted by atomic mass is 19.4. The third-order valence-corrected chi connectivity index (χ3v) is 3.88. The van der Waals surface area contributed by atoms with E-state index in [1.54, 1.807) is 0 Å². The summed E-state index contributed by atoms with van der Waals surface area (Å²) >= 11 is 0. The first-order chi connectivity index (χ1) is 10.9. The van der Waals surface area contributed by atoms with E-state index in [2.05, 4.69) is 9.88 Å². The highest BCUT2D eigenvalue weighted by Gasteiger charge is 2.30. The standard InChI is InChI=1S/C16H17F3N2O2/c17-16(18,19)12-5-3-11(4-6-12)15-20-13(10-23-15)8-21-7-1-2-14(22)9-21/h3-6,10,14,22H,1-2,7-9H2. The van der Waals surface area contributed by atoms with E-state index in [4.69, 9.17) is 4.42 Å². The summed E-state index contributed by atoms with van der Waals surface area (Å²) in [5.41, 5.74) is 0.507. The highest BCUT2D eigenvalue weighted by Crippen LogP contribution is 2.30. The molecule has 1 aromatic heterocycles. The molecule has 0 saturated carbocycles. The van der Waals surface area contributed by atoms with Gasteiger partial charge >= 0.3 is 6.18 Å². The van der Waals surface area contributed by atoms with Crippen LogP contribution in [0.1, 0.15) is 24.1 Å². The van der Waals surface area contributed by atoms with Gasteiger partial charge in [0.1, 0.15) is 6.26 Å². The van der Waals surface area contributed by atoms with E-state index in [0.717, 1.165) is 31.5 Å². The molecule has 1 aliphatic heterocycles. The monoisotopic (exact) mass is 326 g/mol. The summed E-state index contributed by atoms with van der Waals surface area (Å²) in [6.07, 6.45) is -1.41. The quantitative estimate of drug-likeness (QED) is 0.940. The number of nitrogens with zero attached hydrogens (tertiary/aromatic N) is 2. The van der Waals surface area contributed by atoms with Crippen LogP contribution in [0.5, 0.6) is 0 Å². The van der Waals surface area contributed by atoms with Gasteiger partial charge < -0.3 is 9.52 Å². The van der Waals surface area contributed by atoms with E-state index in [1.807, 2.05) is 0 Å². The van der Waals surface area contributed by atoms with E-state index in [0.29, 0.717) is 30.2 Å². The van der Waals surface area contributed by atoms with Gasteiger partial charge in [-0.2, -0.15) is 13.2 Å². The summed E-state index contributed by atoms with van der Waals surface area (Å²) in [4.78, 5) is 6.41. The molecule has 1 atom stereocenters. The van der Waals surface area contributed by atoms with Crippen molar-refractivity contribution >= 4 is 0 Å². The number of piperidine rings is 1. The van der Waals surface area contributed by atoms with Gasteiger partial charge in [0.15, 0.2) is 0 Å². The van der Waals surface area contributed by atoms with Gasteiger partial charge in [0.2, 0.25) is 5.89 Å². The molecule has 1 aromatic carbocycles. The van der Waals surface area contributed by atoms with Gasteiger partial charge in [-0.1, -0.05) is 0 Å². The molecule has 1 saturated heterocycles. The fourth-order valence-electron chi connectivity index (χ4n) is 2.72. The maximum absolute atomic E-state index is 12.6. The minimum absolute atomic E-state index is 0.297. The molecule has 3 rings (SSSR count). The molecule has 0 aliphatic carbocycles. The minimum Gasteiger partial charge on any atom is -0.444 e. The van der Waals surface area contributed by atoms with Crippen molar-refractivity contribution < 1.29 is 22.7 Å². The Morgan fingerprint density at radius 2 is 2.00 bits per heavy atom. The van der Waals surface area contributed by atoms with Crippen LogP contribution in [-0.2, 0) is 12.7 Å². The van der Waals surface area contributed by atoms with Crippen molar-refractivity contribution in [3.63, 3.8) is 0 Å². The lowest BCUT2D eigenvalue weighted by atomic mass is 10.1. The number of likely N-dealkylation sites (tertiary alicyclic amines) is 1. The number of aliphatic hydroxyl groups excluding tert-OH is 1. The van der Waals surface area contributed by atoms with E-state index in [1.165, 1.54) is 18.4 Å². The molecule has 1 aliphatic rings. The summed E-state index contributed by atoms with van der Waals surface area (Å²) < 4.78 is 43.0. The molecule has 1 unspecified atom stereocenters. The second-order valence-corrected chi connectivity index (χ2v) is 5.75. The number of halogens is 3. The fourth-order valence-corrected chi connectivity index (χ4v) is 2.72. The molecule has 0 spiro atoms. The van der Waals surface area contributed by atoms with Crippen LogP contribution in [0.3, 0.4) is 0 Å². The van der Waals surface area contributed by atoms with E-state index in [9.17, 15) is 18.3 Å². The molecule has 1 N–H and O–H groups in total. The number of oxazole rings is 1. The average molecular weight is 326 g/mol. The maximum atomic E-state index is 12.6. The highest BCUT2D eigenvalue weighted by molar-refractivity contribution is 5.53. The second-order valence-electron chi connectivity index (χ2n) is 5.75. The minimum atomic E-state index is -4.35. The van der Waals surface area contributed by atoms with Gasteiger partial charge in [0.25, 0.3) is 0 Å². The van der Waals surface area contributed by atoms with E-state index >= 15 is 0 Å². The number of rotatable bonds is 3. The summed E-state index contributed by atoms with van der Waals surface area (Å²) in [6.45, 7) is 2.04. The molecule has 4 nitrogen and oxygen atoms in total. The van der Waals surface area contributed by atoms with Crippen LogP contribution in [0.25, 0.3) is 11.5 Å². The van der Waals surface area contributed by atoms with Crippen molar-refractivity contribution in [2.45, 2.75) is 31.7 Å². The SMILES string of the molecule is OC1CCCN(Cc2coc(-c3ccc(C(F)(F)F)cc3)n2)C1. The Kier molecular flexibility index (Phi) is 4.41. The third-order valence-electron chi connectivity index (χ3n) is 3.88. The summed E-state index contributed by atoms with van der Waals surface area (Å²) in [7, 11) is 0. The molecule has 124 valence electrons. The van der Waals surface area contributed by atoms with Crippen LogP contribution in [0.2, 0.25) is 0 Å². The normalized spacial score (nSPS) is 19.9. The van der Waals surface area contributed by atoms with E-state index in [-0.39, 0.29) is 6.10 Å². The Labute approximate surface area is 131 Å². The van der Waals surface area contributed by atoms with Crippen molar-refractivity contribution in [1.82, 2.24) is 9.88 Å². The summed E-state index contributed by atoms with van der Waals surface area (Å²) in [5.74, 6) is 0.297. The largest absolute Gasteiger partial charge is 0.444 e. The van der Waals surface area contributed by atoms with Gasteiger partial charge in [-0.05, 0) is 43.7 Å². The number of hydrogen-bond acceptors (Lipinski definition) is 4. The van der Waals surface area contributed by atoms with Crippen LogP contribution < -0.4 is 0 Å². The Balaban J connectivity index is 1.69. The molecule has 7 heteroatoms. The summed E-state index contributed by atoms with van der Waals surface area (Å²) in [6, 6.07) is 4.73. The van der Waals surface area contributed by atoms with Crippen molar-refractivity contribution in [3.8, 4) is 11.5 Å². The number of hydrogen-bond donors (Lipinski definition) is 1. The zero-order valence-corrected chi connectivity index (χ0v) is 12.4. The third kappa shape index (κ3) is 3.92. The number of β-amino-alcohol motifs (C(OH)–C–C–N with tert-alkyl or cyclic N) is 1. The average Bonchev–Trinajstić information content (AvgIpc) is 2.95. The lowest BCUT2D eigenvalue weighted by molar-refractivity contribution is -0.137. The van der Waals surface area contributed by atoms with Gasteiger partial charge in [-0.15, -0.1) is 0 Å². The predicted molar refractivity (Wildman–Crippen MR) is 77.5 cm³/mol. The molecule has 2 aromatic rings. The summed E-state index contributed by atoms with van der Waals surface area (Å²) in [5, 5.41) is 9.66. The molecular weight excluding hydrogens is 309 g/mol. The van der Waals surface area contributed by atoms with E-state index < -0.39 is 11.7 Å². The van der Waals surface area contributed by atoms with Gasteiger partial charge in [-0.3, -0.25) is 4.90 Å². The number of aromatic nitrogens is 1. The van der Waals surface area contributed by atoms with Crippen molar-refractivity contribution in [1.29, 1.82) is 0 Å². The Morgan fingerprint density at radius 1 is 1.26 bits per heavy atom. The predicted octanol–water partition coefficient (Wildman–Crippen LogP) is 3.32. The Hall–Kier alpha value is -1.86. The fraction of sp³-hybridized carbons (Fsp3) is 0.438. The second kappa shape index (κ2) is 6.33. The number of alkyl halides is 3. The van der Waals surface area contributed by atoms with Gasteiger partial charge in [0, 0.05) is 18.7 Å². The first kappa shape index (κ1) is 16.0. The molecule has 2 heterocycles. The van der Waals surface area contributed by atoms with Crippen LogP contribution in [0, 0.1) is 0 Å². The lowest BCUT2D eigenvalue weighted by Gasteiger charge is -2.29. The molecule has 23 heavy (non-hydrogen) atoms. The first-order valence-electron chi connectivity index (χ1n) is 7.44. The number of aliphatic hydroxyl groups is 1. The van der Waals surface area contributed by atoms with Gasteiger partial charge in [0.05, 0.1) is 17.4 Å². The van der Waals surface area contributed by atoms with Gasteiger partial charge in [-0.25, -0.2) is 4.98 Å². The molecule has 1 fully saturated rings. The smallest absolute Gasteiger partial charge is 0.416 e. The number of benzene rings is 1. The van der Waals surface area contributed by atoms with Crippen molar-refractivity contribution in [2.24, 2.45) is 0 Å².